The molecule has 0 atom stereocenters. The normalized spacial score (nSPS) is 15.3. The van der Waals surface area contributed by atoms with Gasteiger partial charge in [0, 0.05) is 37.4 Å². The Morgan fingerprint density at radius 2 is 2.10 bits per heavy atom. The second-order valence-electron chi connectivity index (χ2n) is 4.57. The Morgan fingerprint density at radius 3 is 2.80 bits per heavy atom. The van der Waals surface area contributed by atoms with Gasteiger partial charge in [-0.1, -0.05) is 30.3 Å². The summed E-state index contributed by atoms with van der Waals surface area (Å²) in [7, 11) is 1.31. The highest BCUT2D eigenvalue weighted by Gasteiger charge is 2.16. The van der Waals surface area contributed by atoms with Crippen LogP contribution >= 0.6 is 0 Å². The van der Waals surface area contributed by atoms with E-state index >= 15 is 0 Å². The molecule has 0 fully saturated rings. The van der Waals surface area contributed by atoms with Gasteiger partial charge in [0.25, 0.3) is 0 Å². The fourth-order valence-electron chi connectivity index (χ4n) is 2.03. The van der Waals surface area contributed by atoms with Crippen LogP contribution in [0.15, 0.2) is 54.3 Å². The Balaban J connectivity index is 2.08. The van der Waals surface area contributed by atoms with Gasteiger partial charge < -0.3 is 9.64 Å². The molecule has 0 N–H and O–H groups in total. The lowest BCUT2D eigenvalue weighted by Crippen LogP contribution is -2.26. The van der Waals surface area contributed by atoms with Gasteiger partial charge in [0.15, 0.2) is 5.78 Å². The maximum atomic E-state index is 11.8. The van der Waals surface area contributed by atoms with Crippen molar-refractivity contribution in [1.29, 1.82) is 0 Å². The van der Waals surface area contributed by atoms with Crippen molar-refractivity contribution in [3.63, 3.8) is 0 Å². The highest BCUT2D eigenvalue weighted by Crippen LogP contribution is 2.15. The van der Waals surface area contributed by atoms with Gasteiger partial charge in [-0.2, -0.15) is 0 Å². The molecule has 4 heteroatoms. The van der Waals surface area contributed by atoms with Crippen molar-refractivity contribution in [2.24, 2.45) is 0 Å². The average molecular weight is 271 g/mol. The summed E-state index contributed by atoms with van der Waals surface area (Å²) in [5.41, 5.74) is 1.73. The van der Waals surface area contributed by atoms with Gasteiger partial charge in [-0.15, -0.1) is 0 Å². The van der Waals surface area contributed by atoms with Gasteiger partial charge in [-0.3, -0.25) is 4.79 Å². The minimum Gasteiger partial charge on any atom is -0.466 e. The van der Waals surface area contributed by atoms with Gasteiger partial charge >= 0.3 is 5.97 Å². The predicted molar refractivity (Wildman–Crippen MR) is 75.7 cm³/mol. The van der Waals surface area contributed by atoms with Crippen molar-refractivity contribution in [3.05, 3.63) is 59.8 Å². The standard InChI is InChI=1S/C16H17NO3/c1-20-16(19)8-7-14-12-17(10-9-15(14)18)11-13-5-3-2-4-6-13/h2-8,12H,9-11H2,1H3. The van der Waals surface area contributed by atoms with Crippen LogP contribution in [0, 0.1) is 0 Å². The molecule has 0 aliphatic carbocycles. The number of hydrogen-bond donors (Lipinski definition) is 0. The zero-order valence-corrected chi connectivity index (χ0v) is 11.4. The summed E-state index contributed by atoms with van der Waals surface area (Å²) in [6, 6.07) is 10.1. The number of methoxy groups -OCH3 is 1. The van der Waals surface area contributed by atoms with Crippen molar-refractivity contribution in [3.8, 4) is 0 Å². The molecule has 0 saturated heterocycles. The second kappa shape index (κ2) is 6.70. The number of hydrogen-bond acceptors (Lipinski definition) is 4. The smallest absolute Gasteiger partial charge is 0.330 e. The lowest BCUT2D eigenvalue weighted by molar-refractivity contribution is -0.134. The van der Waals surface area contributed by atoms with E-state index in [4.69, 9.17) is 0 Å². The lowest BCUT2D eigenvalue weighted by atomic mass is 10.0. The van der Waals surface area contributed by atoms with Crippen LogP contribution in [-0.2, 0) is 20.9 Å². The number of nitrogens with zero attached hydrogens (tertiary/aromatic N) is 1. The molecule has 0 unspecified atom stereocenters. The van der Waals surface area contributed by atoms with E-state index in [1.807, 2.05) is 30.3 Å². The zero-order chi connectivity index (χ0) is 14.4. The molecule has 1 aromatic carbocycles. The van der Waals surface area contributed by atoms with Crippen molar-refractivity contribution in [2.45, 2.75) is 13.0 Å². The van der Waals surface area contributed by atoms with Crippen molar-refractivity contribution < 1.29 is 14.3 Å². The number of allylic oxidation sites excluding steroid dienone is 2. The maximum Gasteiger partial charge on any atom is 0.330 e. The Kier molecular flexibility index (Phi) is 4.71. The summed E-state index contributed by atoms with van der Waals surface area (Å²) >= 11 is 0. The van der Waals surface area contributed by atoms with Crippen molar-refractivity contribution in [1.82, 2.24) is 4.90 Å². The van der Waals surface area contributed by atoms with Gasteiger partial charge in [-0.05, 0) is 11.6 Å². The molecule has 0 radical (unpaired) electrons. The molecule has 0 saturated carbocycles. The van der Waals surface area contributed by atoms with Crippen LogP contribution in [0.4, 0.5) is 0 Å². The van der Waals surface area contributed by atoms with E-state index in [0.717, 1.165) is 6.54 Å². The number of esters is 1. The fourth-order valence-corrected chi connectivity index (χ4v) is 2.03. The predicted octanol–water partition coefficient (Wildman–Crippen LogP) is 2.07. The lowest BCUT2D eigenvalue weighted by Gasteiger charge is -2.25. The SMILES string of the molecule is COC(=O)C=CC1=CN(Cc2ccccc2)CCC1=O. The number of carbonyl (C=O) groups is 2. The third kappa shape index (κ3) is 3.82. The highest BCUT2D eigenvalue weighted by atomic mass is 16.5. The van der Waals surface area contributed by atoms with Crippen molar-refractivity contribution >= 4 is 11.8 Å². The van der Waals surface area contributed by atoms with E-state index in [1.165, 1.54) is 24.8 Å². The van der Waals surface area contributed by atoms with Crippen LogP contribution in [-0.4, -0.2) is 30.3 Å². The first kappa shape index (κ1) is 14.1. The van der Waals surface area contributed by atoms with Crippen molar-refractivity contribution in [2.75, 3.05) is 13.7 Å². The molecule has 1 aliphatic heterocycles. The highest BCUT2D eigenvalue weighted by molar-refractivity contribution is 6.00. The number of ether oxygens (including phenoxy) is 1. The Hall–Kier alpha value is -2.36. The quantitative estimate of drug-likeness (QED) is 0.621. The van der Waals surface area contributed by atoms with E-state index in [1.54, 1.807) is 6.20 Å². The third-order valence-corrected chi connectivity index (χ3v) is 3.10. The topological polar surface area (TPSA) is 46.6 Å². The van der Waals surface area contributed by atoms with Crippen LogP contribution in [0.2, 0.25) is 0 Å². The molecular weight excluding hydrogens is 254 g/mol. The van der Waals surface area contributed by atoms with E-state index in [2.05, 4.69) is 9.64 Å². The Bertz CT molecular complexity index is 546. The van der Waals surface area contributed by atoms with Gasteiger partial charge in [0.1, 0.15) is 0 Å². The van der Waals surface area contributed by atoms with E-state index in [-0.39, 0.29) is 5.78 Å². The minimum absolute atomic E-state index is 0.0504. The van der Waals surface area contributed by atoms with Gasteiger partial charge in [-0.25, -0.2) is 4.79 Å². The fraction of sp³-hybridized carbons (Fsp3) is 0.250. The molecule has 0 bridgehead atoms. The zero-order valence-electron chi connectivity index (χ0n) is 11.4. The summed E-state index contributed by atoms with van der Waals surface area (Å²) in [5, 5.41) is 0. The first-order valence-corrected chi connectivity index (χ1v) is 6.48. The summed E-state index contributed by atoms with van der Waals surface area (Å²) in [6.45, 7) is 1.45. The van der Waals surface area contributed by atoms with E-state index in [0.29, 0.717) is 18.5 Å². The maximum absolute atomic E-state index is 11.8. The number of benzene rings is 1. The third-order valence-electron chi connectivity index (χ3n) is 3.10. The monoisotopic (exact) mass is 271 g/mol. The molecule has 0 amide bonds. The average Bonchev–Trinajstić information content (AvgIpc) is 2.48. The molecule has 1 heterocycles. The number of rotatable bonds is 4. The molecule has 0 aromatic heterocycles. The minimum atomic E-state index is -0.459. The molecule has 0 spiro atoms. The first-order valence-electron chi connectivity index (χ1n) is 6.48. The van der Waals surface area contributed by atoms with Crippen LogP contribution in [0.5, 0.6) is 0 Å². The number of Topliss-reactive ketones (excluding diaryl/α,β-unsaturated/α-hetero) is 1. The van der Waals surface area contributed by atoms with E-state index in [9.17, 15) is 9.59 Å². The Morgan fingerprint density at radius 1 is 1.35 bits per heavy atom. The summed E-state index contributed by atoms with van der Waals surface area (Å²) in [6.07, 6.45) is 5.06. The van der Waals surface area contributed by atoms with Crippen LogP contribution < -0.4 is 0 Å². The molecule has 2 rings (SSSR count). The van der Waals surface area contributed by atoms with E-state index < -0.39 is 5.97 Å². The summed E-state index contributed by atoms with van der Waals surface area (Å²) < 4.78 is 4.52. The second-order valence-corrected chi connectivity index (χ2v) is 4.57. The molecule has 1 aliphatic rings. The van der Waals surface area contributed by atoms with Gasteiger partial charge in [0.2, 0.25) is 0 Å². The van der Waals surface area contributed by atoms with Crippen LogP contribution in [0.3, 0.4) is 0 Å². The summed E-state index contributed by atoms with van der Waals surface area (Å²) in [4.78, 5) is 24.9. The number of ketones is 1. The van der Waals surface area contributed by atoms with Crippen LogP contribution in [0.1, 0.15) is 12.0 Å². The molecule has 4 nitrogen and oxygen atoms in total. The Labute approximate surface area is 118 Å². The van der Waals surface area contributed by atoms with Gasteiger partial charge in [0.05, 0.1) is 7.11 Å². The first-order chi connectivity index (χ1) is 9.69. The number of carbonyl (C=O) groups excluding carboxylic acids is 2. The van der Waals surface area contributed by atoms with Crippen LogP contribution in [0.25, 0.3) is 0 Å². The molecule has 104 valence electrons. The summed E-state index contributed by atoms with van der Waals surface area (Å²) in [5.74, 6) is -0.409. The molecule has 1 aromatic rings. The molecule has 20 heavy (non-hydrogen) atoms. The molecular formula is C16H17NO3. The largest absolute Gasteiger partial charge is 0.466 e.